The minimum absolute atomic E-state index is 0.0236. The third-order valence-electron chi connectivity index (χ3n) is 3.33. The maximum atomic E-state index is 12.1. The predicted molar refractivity (Wildman–Crippen MR) is 81.3 cm³/mol. The summed E-state index contributed by atoms with van der Waals surface area (Å²) >= 11 is 0. The second kappa shape index (κ2) is 6.90. The molecule has 0 spiro atoms. The van der Waals surface area contributed by atoms with Crippen molar-refractivity contribution in [3.63, 3.8) is 0 Å². The molecule has 0 fully saturated rings. The number of aliphatic hydroxyl groups is 1. The van der Waals surface area contributed by atoms with Crippen LogP contribution in [0.3, 0.4) is 0 Å². The van der Waals surface area contributed by atoms with Crippen LogP contribution in [0.2, 0.25) is 0 Å². The monoisotopic (exact) mass is 285 g/mol. The van der Waals surface area contributed by atoms with Crippen LogP contribution in [-0.4, -0.2) is 18.1 Å². The Morgan fingerprint density at radius 2 is 1.81 bits per heavy atom. The summed E-state index contributed by atoms with van der Waals surface area (Å²) in [6, 6.07) is 12.8. The van der Waals surface area contributed by atoms with Gasteiger partial charge < -0.3 is 15.2 Å². The lowest BCUT2D eigenvalue weighted by Gasteiger charge is -2.09. The number of nitrogens with one attached hydrogen (secondary N) is 1. The van der Waals surface area contributed by atoms with Gasteiger partial charge in [0.05, 0.1) is 13.7 Å². The molecule has 2 N–H and O–H groups in total. The molecule has 0 saturated heterocycles. The summed E-state index contributed by atoms with van der Waals surface area (Å²) in [5.41, 5.74) is 3.41. The van der Waals surface area contributed by atoms with Gasteiger partial charge in [0, 0.05) is 12.1 Å². The van der Waals surface area contributed by atoms with Crippen molar-refractivity contribution in [3.8, 4) is 5.75 Å². The number of hydrogen-bond acceptors (Lipinski definition) is 3. The normalized spacial score (nSPS) is 10.2. The van der Waals surface area contributed by atoms with Crippen LogP contribution in [0.5, 0.6) is 5.75 Å². The van der Waals surface area contributed by atoms with E-state index in [1.165, 1.54) is 0 Å². The van der Waals surface area contributed by atoms with Gasteiger partial charge in [-0.2, -0.15) is 0 Å². The second-order valence-electron chi connectivity index (χ2n) is 4.84. The van der Waals surface area contributed by atoms with Crippen molar-refractivity contribution in [1.29, 1.82) is 0 Å². The summed E-state index contributed by atoms with van der Waals surface area (Å²) in [7, 11) is 1.59. The molecule has 2 rings (SSSR count). The van der Waals surface area contributed by atoms with Gasteiger partial charge in [-0.15, -0.1) is 0 Å². The van der Waals surface area contributed by atoms with Crippen LogP contribution < -0.4 is 10.1 Å². The third-order valence-corrected chi connectivity index (χ3v) is 3.33. The lowest BCUT2D eigenvalue weighted by Crippen LogP contribution is -2.22. The maximum Gasteiger partial charge on any atom is 0.251 e. The number of hydrogen-bond donors (Lipinski definition) is 2. The molecule has 0 aliphatic rings. The number of rotatable bonds is 5. The predicted octanol–water partition coefficient (Wildman–Crippen LogP) is 2.43. The molecular formula is C17H19NO3. The van der Waals surface area contributed by atoms with Gasteiger partial charge >= 0.3 is 0 Å². The van der Waals surface area contributed by atoms with Gasteiger partial charge in [0.25, 0.3) is 5.91 Å². The first-order valence-corrected chi connectivity index (χ1v) is 6.75. The van der Waals surface area contributed by atoms with Crippen LogP contribution in [0.1, 0.15) is 27.0 Å². The minimum atomic E-state index is -0.139. The summed E-state index contributed by atoms with van der Waals surface area (Å²) in [5.74, 6) is 0.564. The molecule has 1 amide bonds. The zero-order valence-electron chi connectivity index (χ0n) is 12.2. The molecule has 0 bridgehead atoms. The van der Waals surface area contributed by atoms with E-state index in [9.17, 15) is 4.79 Å². The molecular weight excluding hydrogens is 266 g/mol. The van der Waals surface area contributed by atoms with E-state index in [-0.39, 0.29) is 12.5 Å². The maximum absolute atomic E-state index is 12.1. The van der Waals surface area contributed by atoms with E-state index < -0.39 is 0 Å². The topological polar surface area (TPSA) is 58.6 Å². The van der Waals surface area contributed by atoms with E-state index in [2.05, 4.69) is 5.32 Å². The zero-order valence-corrected chi connectivity index (χ0v) is 12.2. The van der Waals surface area contributed by atoms with Crippen molar-refractivity contribution < 1.29 is 14.6 Å². The highest BCUT2D eigenvalue weighted by Gasteiger charge is 2.08. The Kier molecular flexibility index (Phi) is 4.95. The average molecular weight is 285 g/mol. The molecule has 4 heteroatoms. The van der Waals surface area contributed by atoms with Crippen LogP contribution in [0.4, 0.5) is 0 Å². The van der Waals surface area contributed by atoms with Crippen LogP contribution >= 0.6 is 0 Å². The van der Waals surface area contributed by atoms with Crippen LogP contribution in [0, 0.1) is 6.92 Å². The van der Waals surface area contributed by atoms with Gasteiger partial charge in [0.15, 0.2) is 0 Å². The highest BCUT2D eigenvalue weighted by molar-refractivity contribution is 5.94. The van der Waals surface area contributed by atoms with Gasteiger partial charge in [-0.25, -0.2) is 0 Å². The minimum Gasteiger partial charge on any atom is -0.496 e. The number of amides is 1. The summed E-state index contributed by atoms with van der Waals surface area (Å²) in [6.07, 6.45) is 0. The molecule has 2 aromatic rings. The number of benzene rings is 2. The van der Waals surface area contributed by atoms with Crippen molar-refractivity contribution in [3.05, 3.63) is 64.7 Å². The average Bonchev–Trinajstić information content (AvgIpc) is 2.53. The molecule has 0 saturated carbocycles. The Labute approximate surface area is 124 Å². The summed E-state index contributed by atoms with van der Waals surface area (Å²) < 4.78 is 5.22. The fourth-order valence-electron chi connectivity index (χ4n) is 2.01. The van der Waals surface area contributed by atoms with Crippen LogP contribution in [0.15, 0.2) is 42.5 Å². The number of ether oxygens (including phenoxy) is 1. The zero-order chi connectivity index (χ0) is 15.2. The van der Waals surface area contributed by atoms with Gasteiger partial charge in [0.1, 0.15) is 5.75 Å². The highest BCUT2D eigenvalue weighted by atomic mass is 16.5. The fraction of sp³-hybridized carbons (Fsp3) is 0.235. The molecule has 21 heavy (non-hydrogen) atoms. The first kappa shape index (κ1) is 15.1. The molecule has 0 unspecified atom stereocenters. The van der Waals surface area contributed by atoms with Crippen molar-refractivity contribution in [2.75, 3.05) is 7.11 Å². The molecule has 0 aliphatic carbocycles. The number of aryl methyl sites for hydroxylation is 1. The smallest absolute Gasteiger partial charge is 0.251 e. The number of aliphatic hydroxyl groups excluding tert-OH is 1. The molecule has 110 valence electrons. The molecule has 0 atom stereocenters. The first-order valence-electron chi connectivity index (χ1n) is 6.75. The second-order valence-corrected chi connectivity index (χ2v) is 4.84. The van der Waals surface area contributed by atoms with E-state index in [0.29, 0.717) is 17.9 Å². The van der Waals surface area contributed by atoms with Crippen molar-refractivity contribution in [1.82, 2.24) is 5.32 Å². The van der Waals surface area contributed by atoms with Crippen molar-refractivity contribution in [2.45, 2.75) is 20.1 Å². The lowest BCUT2D eigenvalue weighted by atomic mass is 10.1. The Bertz CT molecular complexity index is 620. The van der Waals surface area contributed by atoms with E-state index in [1.54, 1.807) is 19.2 Å². The standard InChI is InChI=1S/C17H19NO3/c1-12-3-8-15(9-16(12)21-2)17(20)18-10-13-4-6-14(11-19)7-5-13/h3-9,19H,10-11H2,1-2H3,(H,18,20). The van der Waals surface area contributed by atoms with Crippen LogP contribution in [0.25, 0.3) is 0 Å². The van der Waals surface area contributed by atoms with Gasteiger partial charge in [0.2, 0.25) is 0 Å². The van der Waals surface area contributed by atoms with Crippen molar-refractivity contribution >= 4 is 5.91 Å². The Hall–Kier alpha value is -2.33. The molecule has 0 aromatic heterocycles. The highest BCUT2D eigenvalue weighted by Crippen LogP contribution is 2.18. The summed E-state index contributed by atoms with van der Waals surface area (Å²) in [4.78, 5) is 12.1. The lowest BCUT2D eigenvalue weighted by molar-refractivity contribution is 0.0950. The van der Waals surface area contributed by atoms with E-state index in [0.717, 1.165) is 16.7 Å². The Morgan fingerprint density at radius 1 is 1.14 bits per heavy atom. The number of methoxy groups -OCH3 is 1. The molecule has 0 heterocycles. The molecule has 0 radical (unpaired) electrons. The fourth-order valence-corrected chi connectivity index (χ4v) is 2.01. The molecule has 2 aromatic carbocycles. The molecule has 0 aliphatic heterocycles. The van der Waals surface area contributed by atoms with Gasteiger partial charge in [-0.3, -0.25) is 4.79 Å². The SMILES string of the molecule is COc1cc(C(=O)NCc2ccc(CO)cc2)ccc1C. The van der Waals surface area contributed by atoms with E-state index in [4.69, 9.17) is 9.84 Å². The number of carbonyl (C=O) groups is 1. The summed E-state index contributed by atoms with van der Waals surface area (Å²) in [6.45, 7) is 2.40. The van der Waals surface area contributed by atoms with E-state index in [1.807, 2.05) is 37.3 Å². The largest absolute Gasteiger partial charge is 0.496 e. The van der Waals surface area contributed by atoms with Crippen LogP contribution in [-0.2, 0) is 13.2 Å². The quantitative estimate of drug-likeness (QED) is 0.887. The Morgan fingerprint density at radius 3 is 2.43 bits per heavy atom. The van der Waals surface area contributed by atoms with E-state index >= 15 is 0 Å². The van der Waals surface area contributed by atoms with Gasteiger partial charge in [-0.05, 0) is 35.7 Å². The Balaban J connectivity index is 2.00. The molecule has 4 nitrogen and oxygen atoms in total. The number of carbonyl (C=O) groups excluding carboxylic acids is 1. The van der Waals surface area contributed by atoms with Gasteiger partial charge in [-0.1, -0.05) is 30.3 Å². The third kappa shape index (κ3) is 3.83. The summed E-state index contributed by atoms with van der Waals surface area (Å²) in [5, 5.41) is 11.9. The first-order chi connectivity index (χ1) is 10.1. The van der Waals surface area contributed by atoms with Crippen molar-refractivity contribution in [2.24, 2.45) is 0 Å².